The van der Waals surface area contributed by atoms with Crippen LogP contribution in [-0.2, 0) is 14.6 Å². The highest BCUT2D eigenvalue weighted by Crippen LogP contribution is 2.48. The van der Waals surface area contributed by atoms with Gasteiger partial charge in [-0.3, -0.25) is 14.2 Å². The van der Waals surface area contributed by atoms with Crippen molar-refractivity contribution in [2.75, 3.05) is 43.1 Å². The number of amides is 1. The lowest BCUT2D eigenvalue weighted by atomic mass is 10.1. The number of nitrogens with zero attached hydrogens (tertiary/aromatic N) is 6. The summed E-state index contributed by atoms with van der Waals surface area (Å²) in [5, 5.41) is 0.296. The van der Waals surface area contributed by atoms with Crippen LogP contribution in [0.1, 0.15) is 48.9 Å². The van der Waals surface area contributed by atoms with Gasteiger partial charge in [0, 0.05) is 55.3 Å². The standard InChI is InChI=1S/C32H31ClFN7O4S/c1-3-23(42)39-11-13-40(14-12-39)28-19-15-20(33)27(24-21(34)5-4-6-22(24)35)38-31(19)41(32(43)30(28)46(2,44)45)29-25(17-7-8-17)36-16-37-26(29)18-9-10-18/h3-6,15-18H,1,7-14,35H2,2H3. The Hall–Kier alpha value is -4.36. The van der Waals surface area contributed by atoms with Crippen molar-refractivity contribution in [2.45, 2.75) is 42.4 Å². The molecule has 1 saturated heterocycles. The number of aromatic nitrogens is 4. The lowest BCUT2D eigenvalue weighted by molar-refractivity contribution is -0.126. The topological polar surface area (TPSA) is 144 Å². The van der Waals surface area contributed by atoms with Gasteiger partial charge in [0.15, 0.2) is 14.7 Å². The smallest absolute Gasteiger partial charge is 0.277 e. The van der Waals surface area contributed by atoms with Crippen LogP contribution in [0.2, 0.25) is 5.02 Å². The second-order valence-electron chi connectivity index (χ2n) is 12.0. The van der Waals surface area contributed by atoms with Gasteiger partial charge in [-0.05, 0) is 50.0 Å². The normalized spacial score (nSPS) is 17.0. The van der Waals surface area contributed by atoms with Crippen molar-refractivity contribution in [1.29, 1.82) is 0 Å². The van der Waals surface area contributed by atoms with Gasteiger partial charge in [-0.15, -0.1) is 0 Å². The average Bonchev–Trinajstić information content (AvgIpc) is 3.94. The zero-order chi connectivity index (χ0) is 32.5. The van der Waals surface area contributed by atoms with Crippen LogP contribution in [0.15, 0.2) is 52.9 Å². The summed E-state index contributed by atoms with van der Waals surface area (Å²) in [6, 6.07) is 5.75. The average molecular weight is 664 g/mol. The van der Waals surface area contributed by atoms with Crippen molar-refractivity contribution in [1.82, 2.24) is 24.4 Å². The molecule has 3 fully saturated rings. The Balaban J connectivity index is 1.60. The summed E-state index contributed by atoms with van der Waals surface area (Å²) in [4.78, 5) is 44.1. The molecule has 4 aromatic rings. The van der Waals surface area contributed by atoms with Crippen molar-refractivity contribution in [3.05, 3.63) is 75.8 Å². The van der Waals surface area contributed by atoms with Crippen LogP contribution < -0.4 is 16.2 Å². The zero-order valence-corrected chi connectivity index (χ0v) is 26.6. The van der Waals surface area contributed by atoms with Gasteiger partial charge in [0.1, 0.15) is 17.8 Å². The summed E-state index contributed by atoms with van der Waals surface area (Å²) in [7, 11) is -4.16. The largest absolute Gasteiger partial charge is 0.398 e. The Bertz CT molecular complexity index is 2070. The molecule has 11 nitrogen and oxygen atoms in total. The summed E-state index contributed by atoms with van der Waals surface area (Å²) in [6.45, 7) is 4.56. The number of hydrogen-bond donors (Lipinski definition) is 1. The number of rotatable bonds is 7. The third-order valence-electron chi connectivity index (χ3n) is 8.80. The van der Waals surface area contributed by atoms with E-state index in [4.69, 9.17) is 22.3 Å². The van der Waals surface area contributed by atoms with E-state index in [-0.39, 0.29) is 82.6 Å². The SMILES string of the molecule is C=CC(=O)N1CCN(c2c(S(C)(=O)=O)c(=O)n(-c3c(C4CC4)ncnc3C3CC3)c3nc(-c4c(N)cccc4F)c(Cl)cc23)CC1. The van der Waals surface area contributed by atoms with Gasteiger partial charge < -0.3 is 15.5 Å². The predicted octanol–water partition coefficient (Wildman–Crippen LogP) is 4.21. The molecule has 14 heteroatoms. The molecule has 238 valence electrons. The van der Waals surface area contributed by atoms with Crippen LogP contribution >= 0.6 is 11.6 Å². The molecular weight excluding hydrogens is 633 g/mol. The molecule has 0 spiro atoms. The van der Waals surface area contributed by atoms with Gasteiger partial charge in [-0.2, -0.15) is 0 Å². The van der Waals surface area contributed by atoms with E-state index in [0.29, 0.717) is 17.1 Å². The fraction of sp³-hybridized carbons (Fsp3) is 0.344. The number of carbonyl (C=O) groups excluding carboxylic acids is 1. The number of fused-ring (bicyclic) bond motifs is 1. The molecule has 1 aromatic carbocycles. The molecule has 1 amide bonds. The third-order valence-corrected chi connectivity index (χ3v) is 10.2. The van der Waals surface area contributed by atoms with Crippen LogP contribution in [0.5, 0.6) is 0 Å². The first-order chi connectivity index (χ1) is 22.0. The van der Waals surface area contributed by atoms with Crippen molar-refractivity contribution in [3.63, 3.8) is 0 Å². The van der Waals surface area contributed by atoms with E-state index in [2.05, 4.69) is 16.5 Å². The number of nitrogen functional groups attached to an aromatic ring is 1. The summed E-state index contributed by atoms with van der Waals surface area (Å²) in [5.74, 6) is -0.755. The molecular formula is C32H31ClFN7O4S. The Kier molecular flexibility index (Phi) is 7.35. The Labute approximate surface area is 269 Å². The molecule has 7 rings (SSSR count). The lowest BCUT2D eigenvalue weighted by Gasteiger charge is -2.37. The van der Waals surface area contributed by atoms with Gasteiger partial charge >= 0.3 is 0 Å². The summed E-state index contributed by atoms with van der Waals surface area (Å²) in [6.07, 6.45) is 7.16. The molecule has 0 bridgehead atoms. The number of sulfone groups is 1. The van der Waals surface area contributed by atoms with Crippen LogP contribution in [0, 0.1) is 5.82 Å². The van der Waals surface area contributed by atoms with Gasteiger partial charge in [0.25, 0.3) is 5.56 Å². The maximum absolute atomic E-state index is 15.3. The molecule has 2 N–H and O–H groups in total. The molecule has 1 aliphatic heterocycles. The van der Waals surface area contributed by atoms with Crippen molar-refractivity contribution < 1.29 is 17.6 Å². The minimum absolute atomic E-state index is 0.00941. The Morgan fingerprint density at radius 3 is 2.24 bits per heavy atom. The highest BCUT2D eigenvalue weighted by Gasteiger charge is 2.38. The fourth-order valence-electron chi connectivity index (χ4n) is 6.29. The number of benzene rings is 1. The molecule has 3 aliphatic rings. The Morgan fingerprint density at radius 2 is 1.70 bits per heavy atom. The summed E-state index contributed by atoms with van der Waals surface area (Å²) < 4.78 is 43.8. The molecule has 2 saturated carbocycles. The van der Waals surface area contributed by atoms with Gasteiger partial charge in [0.2, 0.25) is 5.91 Å². The second kappa shape index (κ2) is 11.2. The number of nitrogens with two attached hydrogens (primary N) is 1. The van der Waals surface area contributed by atoms with E-state index in [1.807, 2.05) is 0 Å². The number of carbonyl (C=O) groups is 1. The predicted molar refractivity (Wildman–Crippen MR) is 174 cm³/mol. The van der Waals surface area contributed by atoms with Crippen LogP contribution in [0.25, 0.3) is 28.0 Å². The fourth-order valence-corrected chi connectivity index (χ4v) is 7.54. The van der Waals surface area contributed by atoms with E-state index in [1.165, 1.54) is 41.2 Å². The molecule has 46 heavy (non-hydrogen) atoms. The van der Waals surface area contributed by atoms with E-state index in [9.17, 15) is 18.0 Å². The molecule has 2 aliphatic carbocycles. The zero-order valence-electron chi connectivity index (χ0n) is 25.0. The van der Waals surface area contributed by atoms with E-state index in [1.54, 1.807) is 9.80 Å². The second-order valence-corrected chi connectivity index (χ2v) is 14.4. The maximum atomic E-state index is 15.3. The van der Waals surface area contributed by atoms with Crippen LogP contribution in [0.4, 0.5) is 15.8 Å². The van der Waals surface area contributed by atoms with Gasteiger partial charge in [0.05, 0.1) is 39.0 Å². The van der Waals surface area contributed by atoms with Crippen LogP contribution in [-0.4, -0.2) is 71.2 Å². The highest BCUT2D eigenvalue weighted by molar-refractivity contribution is 7.90. The molecule has 0 atom stereocenters. The molecule has 4 heterocycles. The number of anilines is 2. The number of halogens is 2. The van der Waals surface area contributed by atoms with Crippen molar-refractivity contribution in [2.24, 2.45) is 0 Å². The van der Waals surface area contributed by atoms with Crippen molar-refractivity contribution >= 4 is 49.8 Å². The first kappa shape index (κ1) is 30.3. The molecule has 0 radical (unpaired) electrons. The minimum Gasteiger partial charge on any atom is -0.398 e. The number of pyridine rings is 2. The van der Waals surface area contributed by atoms with Crippen molar-refractivity contribution in [3.8, 4) is 16.9 Å². The lowest BCUT2D eigenvalue weighted by Crippen LogP contribution is -2.49. The molecule has 0 unspecified atom stereocenters. The highest BCUT2D eigenvalue weighted by atomic mass is 35.5. The van der Waals surface area contributed by atoms with Gasteiger partial charge in [-0.1, -0.05) is 24.2 Å². The first-order valence-electron chi connectivity index (χ1n) is 15.0. The monoisotopic (exact) mass is 663 g/mol. The van der Waals surface area contributed by atoms with Gasteiger partial charge in [-0.25, -0.2) is 27.8 Å². The van der Waals surface area contributed by atoms with E-state index >= 15 is 4.39 Å². The first-order valence-corrected chi connectivity index (χ1v) is 17.3. The minimum atomic E-state index is -4.16. The van der Waals surface area contributed by atoms with Crippen LogP contribution in [0.3, 0.4) is 0 Å². The quantitative estimate of drug-likeness (QED) is 0.227. The Morgan fingerprint density at radius 1 is 1.07 bits per heavy atom. The number of hydrogen-bond acceptors (Lipinski definition) is 9. The maximum Gasteiger partial charge on any atom is 0.277 e. The van der Waals surface area contributed by atoms with E-state index in [0.717, 1.165) is 31.9 Å². The third kappa shape index (κ3) is 5.11. The molecule has 3 aromatic heterocycles. The van der Waals surface area contributed by atoms with E-state index < -0.39 is 26.1 Å². The number of piperazine rings is 1. The summed E-state index contributed by atoms with van der Waals surface area (Å²) >= 11 is 6.84. The summed E-state index contributed by atoms with van der Waals surface area (Å²) in [5.41, 5.74) is 7.40.